The number of hydroxylamine groups is 2. The van der Waals surface area contributed by atoms with E-state index < -0.39 is 0 Å². The van der Waals surface area contributed by atoms with Crippen molar-refractivity contribution in [2.75, 3.05) is 26.2 Å². The summed E-state index contributed by atoms with van der Waals surface area (Å²) in [6.45, 7) is 5.54. The minimum Gasteiger partial charge on any atom is -0.627 e. The highest BCUT2D eigenvalue weighted by Crippen LogP contribution is 2.46. The molecule has 2 fully saturated rings. The van der Waals surface area contributed by atoms with Crippen LogP contribution in [-0.4, -0.2) is 31.1 Å². The molecule has 2 aromatic carbocycles. The summed E-state index contributed by atoms with van der Waals surface area (Å²) in [5.41, 5.74) is 3.32. The molecule has 24 heavy (non-hydrogen) atoms. The molecule has 0 N–H and O–H groups in total. The van der Waals surface area contributed by atoms with Crippen LogP contribution < -0.4 is 4.65 Å². The third-order valence-electron chi connectivity index (χ3n) is 5.81. The second kappa shape index (κ2) is 5.99. The Bertz CT molecular complexity index is 684. The Hall–Kier alpha value is -1.68. The van der Waals surface area contributed by atoms with Crippen LogP contribution in [0, 0.1) is 12.1 Å². The summed E-state index contributed by atoms with van der Waals surface area (Å²) in [7, 11) is 0. The molecule has 2 heterocycles. The molecule has 0 radical (unpaired) electrons. The van der Waals surface area contributed by atoms with Crippen molar-refractivity contribution in [2.45, 2.75) is 31.7 Å². The molecule has 0 bridgehead atoms. The van der Waals surface area contributed by atoms with E-state index in [1.54, 1.807) is 0 Å². The fraction of sp³-hybridized carbons (Fsp3) is 0.429. The molecular weight excluding hydrogens is 296 g/mol. The average molecular weight is 322 g/mol. The molecule has 2 aromatic rings. The van der Waals surface area contributed by atoms with Gasteiger partial charge in [-0.05, 0) is 50.6 Å². The SMILES string of the molecule is Cc1ccc([N+]2([O-])CC(c3ccccc3)(N3CCCCC3)C2)cc1. The smallest absolute Gasteiger partial charge is 0.147 e. The van der Waals surface area contributed by atoms with E-state index in [-0.39, 0.29) is 10.2 Å². The quantitative estimate of drug-likeness (QED) is 0.625. The van der Waals surface area contributed by atoms with Gasteiger partial charge in [-0.1, -0.05) is 54.4 Å². The van der Waals surface area contributed by atoms with Crippen LogP contribution in [0.4, 0.5) is 5.69 Å². The first-order valence-corrected chi connectivity index (χ1v) is 9.08. The molecule has 0 saturated carbocycles. The summed E-state index contributed by atoms with van der Waals surface area (Å²) in [6.07, 6.45) is 3.81. The fourth-order valence-corrected chi connectivity index (χ4v) is 4.43. The van der Waals surface area contributed by atoms with Gasteiger partial charge in [0.25, 0.3) is 0 Å². The van der Waals surface area contributed by atoms with Gasteiger partial charge in [0.1, 0.15) is 24.3 Å². The van der Waals surface area contributed by atoms with Crippen molar-refractivity contribution in [2.24, 2.45) is 0 Å². The number of piperidine rings is 1. The van der Waals surface area contributed by atoms with Crippen molar-refractivity contribution in [1.82, 2.24) is 9.55 Å². The highest BCUT2D eigenvalue weighted by atomic mass is 16.6. The Morgan fingerprint density at radius 3 is 2.12 bits per heavy atom. The predicted molar refractivity (Wildman–Crippen MR) is 99.6 cm³/mol. The molecule has 0 aromatic heterocycles. The molecule has 0 atom stereocenters. The van der Waals surface area contributed by atoms with Crippen molar-refractivity contribution < 1.29 is 0 Å². The lowest BCUT2D eigenvalue weighted by Gasteiger charge is -2.63. The van der Waals surface area contributed by atoms with E-state index in [0.717, 1.165) is 18.8 Å². The van der Waals surface area contributed by atoms with E-state index >= 15 is 0 Å². The molecule has 3 heteroatoms. The number of nitrogens with zero attached hydrogens (tertiary/aromatic N) is 2. The van der Waals surface area contributed by atoms with Gasteiger partial charge in [0.05, 0.1) is 0 Å². The van der Waals surface area contributed by atoms with Gasteiger partial charge in [-0.15, -0.1) is 0 Å². The maximum Gasteiger partial charge on any atom is 0.147 e. The Labute approximate surface area is 144 Å². The molecule has 3 nitrogen and oxygen atoms in total. The van der Waals surface area contributed by atoms with Crippen molar-refractivity contribution in [3.8, 4) is 0 Å². The van der Waals surface area contributed by atoms with E-state index in [0.29, 0.717) is 13.1 Å². The molecule has 0 spiro atoms. The normalized spacial score (nSPS) is 30.8. The molecule has 4 rings (SSSR count). The summed E-state index contributed by atoms with van der Waals surface area (Å²) in [5.74, 6) is 0. The van der Waals surface area contributed by atoms with Gasteiger partial charge in [-0.25, -0.2) is 0 Å². The third kappa shape index (κ3) is 2.57. The lowest BCUT2D eigenvalue weighted by Crippen LogP contribution is -2.76. The molecule has 2 aliphatic rings. The van der Waals surface area contributed by atoms with Crippen LogP contribution in [0.1, 0.15) is 30.4 Å². The first-order valence-electron chi connectivity index (χ1n) is 9.08. The van der Waals surface area contributed by atoms with Crippen LogP contribution in [0.15, 0.2) is 54.6 Å². The second-order valence-corrected chi connectivity index (χ2v) is 7.49. The Morgan fingerprint density at radius 1 is 0.875 bits per heavy atom. The zero-order valence-electron chi connectivity index (χ0n) is 14.4. The number of benzene rings is 2. The molecule has 0 aliphatic carbocycles. The van der Waals surface area contributed by atoms with Gasteiger partial charge < -0.3 is 9.85 Å². The summed E-state index contributed by atoms with van der Waals surface area (Å²) < 4.78 is -0.203. The monoisotopic (exact) mass is 322 g/mol. The topological polar surface area (TPSA) is 26.3 Å². The van der Waals surface area contributed by atoms with E-state index in [1.807, 2.05) is 12.1 Å². The van der Waals surface area contributed by atoms with Crippen LogP contribution in [0.3, 0.4) is 0 Å². The second-order valence-electron chi connectivity index (χ2n) is 7.49. The summed E-state index contributed by atoms with van der Waals surface area (Å²) in [4.78, 5) is 2.58. The predicted octanol–water partition coefficient (Wildman–Crippen LogP) is 4.20. The summed E-state index contributed by atoms with van der Waals surface area (Å²) in [6, 6.07) is 18.8. The van der Waals surface area contributed by atoms with Gasteiger partial charge in [0, 0.05) is 0 Å². The summed E-state index contributed by atoms with van der Waals surface area (Å²) in [5, 5.41) is 13.4. The number of likely N-dealkylation sites (tertiary alicyclic amines) is 1. The van der Waals surface area contributed by atoms with Crippen molar-refractivity contribution in [1.29, 1.82) is 0 Å². The lowest BCUT2D eigenvalue weighted by atomic mass is 9.78. The van der Waals surface area contributed by atoms with E-state index in [1.165, 1.54) is 30.4 Å². The van der Waals surface area contributed by atoms with Crippen molar-refractivity contribution in [3.05, 3.63) is 70.9 Å². The lowest BCUT2D eigenvalue weighted by molar-refractivity contribution is -0.0419. The highest BCUT2D eigenvalue weighted by Gasteiger charge is 2.57. The van der Waals surface area contributed by atoms with E-state index in [9.17, 15) is 5.21 Å². The van der Waals surface area contributed by atoms with Crippen molar-refractivity contribution >= 4 is 5.69 Å². The van der Waals surface area contributed by atoms with Gasteiger partial charge in [0.15, 0.2) is 0 Å². The summed E-state index contributed by atoms with van der Waals surface area (Å²) >= 11 is 0. The van der Waals surface area contributed by atoms with Gasteiger partial charge in [-0.3, -0.25) is 4.90 Å². The third-order valence-corrected chi connectivity index (χ3v) is 5.81. The van der Waals surface area contributed by atoms with Crippen LogP contribution >= 0.6 is 0 Å². The molecule has 126 valence electrons. The molecular formula is C21H26N2O. The minimum atomic E-state index is -0.203. The molecule has 0 unspecified atom stereocenters. The Morgan fingerprint density at radius 2 is 1.50 bits per heavy atom. The standard InChI is InChI=1S/C21H26N2O/c1-18-10-12-20(13-11-18)23(24)16-21(17-23,19-8-4-2-5-9-19)22-14-6-3-7-15-22/h2,4-5,8-13H,3,6-7,14-17H2,1H3. The average Bonchev–Trinajstić information content (AvgIpc) is 2.61. The Kier molecular flexibility index (Phi) is 3.95. The van der Waals surface area contributed by atoms with Gasteiger partial charge >= 0.3 is 0 Å². The Balaban J connectivity index is 1.66. The zero-order chi connectivity index (χ0) is 16.6. The van der Waals surface area contributed by atoms with Crippen LogP contribution in [0.25, 0.3) is 0 Å². The number of hydrogen-bond donors (Lipinski definition) is 0. The van der Waals surface area contributed by atoms with Gasteiger partial charge in [-0.2, -0.15) is 0 Å². The molecule has 0 amide bonds. The number of rotatable bonds is 3. The van der Waals surface area contributed by atoms with Crippen molar-refractivity contribution in [3.63, 3.8) is 0 Å². The largest absolute Gasteiger partial charge is 0.627 e. The van der Waals surface area contributed by atoms with Crippen LogP contribution in [-0.2, 0) is 5.54 Å². The van der Waals surface area contributed by atoms with Gasteiger partial charge in [0.2, 0.25) is 0 Å². The van der Waals surface area contributed by atoms with E-state index in [4.69, 9.17) is 0 Å². The van der Waals surface area contributed by atoms with Crippen LogP contribution in [0.2, 0.25) is 0 Å². The maximum absolute atomic E-state index is 13.4. The highest BCUT2D eigenvalue weighted by molar-refractivity contribution is 5.50. The first kappa shape index (κ1) is 15.8. The molecule has 2 aliphatic heterocycles. The number of quaternary nitrogens is 1. The number of aryl methyl sites for hydroxylation is 1. The molecule has 2 saturated heterocycles. The first-order chi connectivity index (χ1) is 11.6. The fourth-order valence-electron chi connectivity index (χ4n) is 4.43. The zero-order valence-corrected chi connectivity index (χ0v) is 14.4. The van der Waals surface area contributed by atoms with Crippen LogP contribution in [0.5, 0.6) is 0 Å². The number of hydrogen-bond acceptors (Lipinski definition) is 2. The minimum absolute atomic E-state index is 0.0890. The maximum atomic E-state index is 13.4. The van der Waals surface area contributed by atoms with E-state index in [2.05, 4.69) is 54.3 Å².